The molecule has 19 heavy (non-hydrogen) atoms. The van der Waals surface area contributed by atoms with E-state index in [1.54, 1.807) is 11.3 Å². The molecule has 2 aromatic rings. The first-order chi connectivity index (χ1) is 9.24. The van der Waals surface area contributed by atoms with E-state index in [1.807, 2.05) is 11.6 Å². The van der Waals surface area contributed by atoms with E-state index in [-0.39, 0.29) is 0 Å². The van der Waals surface area contributed by atoms with Crippen LogP contribution in [-0.2, 0) is 6.42 Å². The summed E-state index contributed by atoms with van der Waals surface area (Å²) in [6.45, 7) is 6.61. The van der Waals surface area contributed by atoms with E-state index < -0.39 is 0 Å². The lowest BCUT2D eigenvalue weighted by atomic mass is 10.0. The molecule has 0 amide bonds. The molecule has 1 heterocycles. The van der Waals surface area contributed by atoms with Gasteiger partial charge in [0.15, 0.2) is 0 Å². The maximum atomic E-state index is 4.42. The molecule has 2 unspecified atom stereocenters. The molecule has 0 aliphatic carbocycles. The van der Waals surface area contributed by atoms with Crippen LogP contribution in [-0.4, -0.2) is 4.98 Å². The SMILES string of the molecule is CCc1ccc(C(C)NC(CC)c2nccs2)cc1. The molecule has 2 rings (SSSR count). The van der Waals surface area contributed by atoms with Gasteiger partial charge in [0.05, 0.1) is 6.04 Å². The molecule has 1 aromatic heterocycles. The highest BCUT2D eigenvalue weighted by Gasteiger charge is 2.15. The summed E-state index contributed by atoms with van der Waals surface area (Å²) < 4.78 is 0. The zero-order valence-electron chi connectivity index (χ0n) is 11.9. The van der Waals surface area contributed by atoms with Crippen LogP contribution in [0.25, 0.3) is 0 Å². The second kappa shape index (κ2) is 6.83. The topological polar surface area (TPSA) is 24.9 Å². The van der Waals surface area contributed by atoms with Crippen molar-refractivity contribution in [3.05, 3.63) is 52.0 Å². The molecule has 0 saturated carbocycles. The molecule has 0 saturated heterocycles. The number of nitrogens with zero attached hydrogens (tertiary/aromatic N) is 1. The lowest BCUT2D eigenvalue weighted by molar-refractivity contribution is 0.455. The van der Waals surface area contributed by atoms with Gasteiger partial charge in [0, 0.05) is 17.6 Å². The van der Waals surface area contributed by atoms with Crippen LogP contribution in [0.4, 0.5) is 0 Å². The van der Waals surface area contributed by atoms with E-state index in [0.717, 1.165) is 12.8 Å². The third-order valence-electron chi connectivity index (χ3n) is 3.50. The first-order valence-electron chi connectivity index (χ1n) is 6.98. The highest BCUT2D eigenvalue weighted by Crippen LogP contribution is 2.23. The predicted molar refractivity (Wildman–Crippen MR) is 82.5 cm³/mol. The highest BCUT2D eigenvalue weighted by atomic mass is 32.1. The number of hydrogen-bond donors (Lipinski definition) is 1. The zero-order valence-corrected chi connectivity index (χ0v) is 12.7. The Bertz CT molecular complexity index is 476. The molecule has 0 spiro atoms. The van der Waals surface area contributed by atoms with E-state index in [9.17, 15) is 0 Å². The fraction of sp³-hybridized carbons (Fsp3) is 0.438. The Balaban J connectivity index is 2.04. The second-order valence-electron chi connectivity index (χ2n) is 4.81. The van der Waals surface area contributed by atoms with Gasteiger partial charge in [-0.3, -0.25) is 0 Å². The quantitative estimate of drug-likeness (QED) is 0.838. The van der Waals surface area contributed by atoms with E-state index in [4.69, 9.17) is 0 Å². The van der Waals surface area contributed by atoms with E-state index in [1.165, 1.54) is 16.1 Å². The Morgan fingerprint density at radius 2 is 1.95 bits per heavy atom. The Labute approximate surface area is 119 Å². The van der Waals surface area contributed by atoms with Crippen LogP contribution in [0.2, 0.25) is 0 Å². The summed E-state index contributed by atoms with van der Waals surface area (Å²) in [7, 11) is 0. The molecule has 2 atom stereocenters. The van der Waals surface area contributed by atoms with Crippen molar-refractivity contribution in [2.75, 3.05) is 0 Å². The Morgan fingerprint density at radius 3 is 2.47 bits per heavy atom. The Kier molecular flexibility index (Phi) is 5.11. The number of rotatable bonds is 6. The van der Waals surface area contributed by atoms with Gasteiger partial charge >= 0.3 is 0 Å². The van der Waals surface area contributed by atoms with Gasteiger partial charge in [0.25, 0.3) is 0 Å². The number of hydrogen-bond acceptors (Lipinski definition) is 3. The van der Waals surface area contributed by atoms with Gasteiger partial charge in [-0.15, -0.1) is 11.3 Å². The van der Waals surface area contributed by atoms with Crippen molar-refractivity contribution >= 4 is 11.3 Å². The lowest BCUT2D eigenvalue weighted by Gasteiger charge is -2.21. The van der Waals surface area contributed by atoms with Gasteiger partial charge in [-0.1, -0.05) is 38.1 Å². The van der Waals surface area contributed by atoms with Gasteiger partial charge < -0.3 is 5.32 Å². The van der Waals surface area contributed by atoms with Crippen molar-refractivity contribution < 1.29 is 0 Å². The van der Waals surface area contributed by atoms with Crippen molar-refractivity contribution in [2.45, 2.75) is 45.7 Å². The summed E-state index contributed by atoms with van der Waals surface area (Å²) >= 11 is 1.73. The van der Waals surface area contributed by atoms with Crippen LogP contribution in [0.15, 0.2) is 35.8 Å². The number of aromatic nitrogens is 1. The van der Waals surface area contributed by atoms with Crippen LogP contribution in [0.5, 0.6) is 0 Å². The lowest BCUT2D eigenvalue weighted by Crippen LogP contribution is -2.24. The molecule has 2 nitrogen and oxygen atoms in total. The fourth-order valence-corrected chi connectivity index (χ4v) is 2.99. The minimum Gasteiger partial charge on any atom is -0.301 e. The molecule has 1 N–H and O–H groups in total. The van der Waals surface area contributed by atoms with Gasteiger partial charge in [0.1, 0.15) is 5.01 Å². The van der Waals surface area contributed by atoms with Gasteiger partial charge in [-0.05, 0) is 30.9 Å². The maximum absolute atomic E-state index is 4.42. The predicted octanol–water partition coefficient (Wildman–Crippen LogP) is 4.51. The zero-order chi connectivity index (χ0) is 13.7. The Morgan fingerprint density at radius 1 is 1.21 bits per heavy atom. The third-order valence-corrected chi connectivity index (χ3v) is 4.39. The first kappa shape index (κ1) is 14.2. The van der Waals surface area contributed by atoms with Crippen molar-refractivity contribution in [1.29, 1.82) is 0 Å². The number of thiazole rings is 1. The molecular formula is C16H22N2S. The van der Waals surface area contributed by atoms with Crippen LogP contribution < -0.4 is 5.32 Å². The summed E-state index contributed by atoms with van der Waals surface area (Å²) in [5.74, 6) is 0. The van der Waals surface area contributed by atoms with E-state index in [0.29, 0.717) is 12.1 Å². The van der Waals surface area contributed by atoms with E-state index >= 15 is 0 Å². The minimum absolute atomic E-state index is 0.347. The molecule has 0 fully saturated rings. The van der Waals surface area contributed by atoms with Crippen molar-refractivity contribution in [3.8, 4) is 0 Å². The molecule has 1 aromatic carbocycles. The minimum atomic E-state index is 0.347. The van der Waals surface area contributed by atoms with Crippen LogP contribution in [0.1, 0.15) is 55.4 Å². The summed E-state index contributed by atoms with van der Waals surface area (Å²) in [6.07, 6.45) is 4.04. The highest BCUT2D eigenvalue weighted by molar-refractivity contribution is 7.09. The monoisotopic (exact) mass is 274 g/mol. The standard InChI is InChI=1S/C16H22N2S/c1-4-13-6-8-14(9-7-13)12(3)18-15(5-2)16-17-10-11-19-16/h6-12,15,18H,4-5H2,1-3H3. The molecule has 0 radical (unpaired) electrons. The van der Waals surface area contributed by atoms with Crippen LogP contribution in [0.3, 0.4) is 0 Å². The maximum Gasteiger partial charge on any atom is 0.109 e. The van der Waals surface area contributed by atoms with Gasteiger partial charge in [0.2, 0.25) is 0 Å². The van der Waals surface area contributed by atoms with Crippen LogP contribution in [0, 0.1) is 0 Å². The summed E-state index contributed by atoms with van der Waals surface area (Å²) in [5, 5.41) is 6.89. The summed E-state index contributed by atoms with van der Waals surface area (Å²) in [5.41, 5.74) is 2.73. The average molecular weight is 274 g/mol. The van der Waals surface area contributed by atoms with Crippen molar-refractivity contribution in [1.82, 2.24) is 10.3 Å². The van der Waals surface area contributed by atoms with Crippen molar-refractivity contribution in [2.24, 2.45) is 0 Å². The molecular weight excluding hydrogens is 252 g/mol. The fourth-order valence-electron chi connectivity index (χ4n) is 2.21. The molecule has 0 bridgehead atoms. The summed E-state index contributed by atoms with van der Waals surface area (Å²) in [6, 6.07) is 9.59. The average Bonchev–Trinajstić information content (AvgIpc) is 2.98. The van der Waals surface area contributed by atoms with Crippen molar-refractivity contribution in [3.63, 3.8) is 0 Å². The number of nitrogens with one attached hydrogen (secondary N) is 1. The second-order valence-corrected chi connectivity index (χ2v) is 5.74. The number of benzene rings is 1. The molecule has 0 aliphatic heterocycles. The molecule has 3 heteroatoms. The van der Waals surface area contributed by atoms with Gasteiger partial charge in [-0.2, -0.15) is 0 Å². The largest absolute Gasteiger partial charge is 0.301 e. The third kappa shape index (κ3) is 3.64. The Hall–Kier alpha value is -1.19. The summed E-state index contributed by atoms with van der Waals surface area (Å²) in [4.78, 5) is 4.42. The smallest absolute Gasteiger partial charge is 0.109 e. The van der Waals surface area contributed by atoms with Gasteiger partial charge in [-0.25, -0.2) is 4.98 Å². The molecule has 0 aliphatic rings. The number of aryl methyl sites for hydroxylation is 1. The normalized spacial score (nSPS) is 14.3. The van der Waals surface area contributed by atoms with Crippen LogP contribution >= 0.6 is 11.3 Å². The van der Waals surface area contributed by atoms with E-state index in [2.05, 4.69) is 55.3 Å². The molecule has 102 valence electrons. The first-order valence-corrected chi connectivity index (χ1v) is 7.86.